The van der Waals surface area contributed by atoms with E-state index in [9.17, 15) is 14.3 Å². The number of ether oxygens (including phenoxy) is 2. The molecule has 3 N–H and O–H groups in total. The third-order valence-corrected chi connectivity index (χ3v) is 18.3. The number of rotatable bonds is 26. The van der Waals surface area contributed by atoms with Crippen molar-refractivity contribution < 1.29 is 32.8 Å². The van der Waals surface area contributed by atoms with Crippen LogP contribution >= 0.6 is 7.82 Å². The van der Waals surface area contributed by atoms with E-state index >= 15 is 0 Å². The van der Waals surface area contributed by atoms with E-state index in [0.717, 1.165) is 109 Å². The molecule has 8 nitrogen and oxygen atoms in total. The smallest absolute Gasteiger partial charge is 0.463 e. The number of carbonyl (C=O) groups is 1. The monoisotopic (exact) mass is 774 g/mol. The second-order valence-corrected chi connectivity index (χ2v) is 21.4. The van der Waals surface area contributed by atoms with Crippen LogP contribution in [0.4, 0.5) is 0 Å². The van der Waals surface area contributed by atoms with Gasteiger partial charge in [0, 0.05) is 19.6 Å². The molecule has 0 heterocycles. The highest BCUT2D eigenvalue weighted by atomic mass is 31.2. The fourth-order valence-corrected chi connectivity index (χ4v) is 15.3. The van der Waals surface area contributed by atoms with Gasteiger partial charge < -0.3 is 20.1 Å². The van der Waals surface area contributed by atoms with Crippen LogP contribution in [0.3, 0.4) is 0 Å². The van der Waals surface area contributed by atoms with Crippen LogP contribution in [-0.4, -0.2) is 49.9 Å². The van der Waals surface area contributed by atoms with Gasteiger partial charge in [-0.25, -0.2) is 4.57 Å². The number of carbonyl (C=O) groups excluding carboxylic acids is 1. The lowest BCUT2D eigenvalue weighted by Gasteiger charge is -2.74. The lowest BCUT2D eigenvalue weighted by atomic mass is 9.30. The Kier molecular flexibility index (Phi) is 13.9. The molecule has 0 amide bonds. The van der Waals surface area contributed by atoms with Crippen molar-refractivity contribution in [3.05, 3.63) is 0 Å². The van der Waals surface area contributed by atoms with Gasteiger partial charge in [-0.1, -0.05) is 83.5 Å². The average molecular weight is 774 g/mol. The zero-order chi connectivity index (χ0) is 37.1. The van der Waals surface area contributed by atoms with Crippen molar-refractivity contribution in [1.82, 2.24) is 0 Å². The van der Waals surface area contributed by atoms with E-state index in [4.69, 9.17) is 24.3 Å². The van der Waals surface area contributed by atoms with E-state index in [1.165, 1.54) is 96.3 Å². The molecule has 0 aromatic rings. The van der Waals surface area contributed by atoms with Crippen LogP contribution in [0.1, 0.15) is 154 Å². The third-order valence-electron chi connectivity index (χ3n) is 17.3. The molecule has 0 aromatic carbocycles. The van der Waals surface area contributed by atoms with Crippen LogP contribution in [0.15, 0.2) is 0 Å². The Morgan fingerprint density at radius 1 is 0.574 bits per heavy atom. The van der Waals surface area contributed by atoms with Gasteiger partial charge in [0.15, 0.2) is 0 Å². The maximum Gasteiger partial charge on any atom is 0.472 e. The molecule has 0 spiro atoms. The molecule has 8 aliphatic rings. The normalized spacial score (nSPS) is 40.8. The molecule has 0 saturated heterocycles. The molecule has 0 bridgehead atoms. The van der Waals surface area contributed by atoms with Gasteiger partial charge in [0.2, 0.25) is 0 Å². The van der Waals surface area contributed by atoms with Crippen LogP contribution < -0.4 is 5.73 Å². The minimum atomic E-state index is -4.24. The molecular formula is C45H76NO7P. The van der Waals surface area contributed by atoms with Crippen LogP contribution in [0.5, 0.6) is 0 Å². The fourth-order valence-electron chi connectivity index (χ4n) is 14.5. The largest absolute Gasteiger partial charge is 0.472 e. The van der Waals surface area contributed by atoms with Crippen LogP contribution in [-0.2, 0) is 27.9 Å². The summed E-state index contributed by atoms with van der Waals surface area (Å²) in [6.45, 7) is 0.386. The molecule has 9 heteroatoms. The molecule has 16 atom stereocenters. The van der Waals surface area contributed by atoms with E-state index in [1.54, 1.807) is 25.7 Å². The third kappa shape index (κ3) is 8.90. The Hall–Kier alpha value is -0.500. The Labute approximate surface area is 327 Å². The predicted molar refractivity (Wildman–Crippen MR) is 211 cm³/mol. The molecule has 8 rings (SSSR count). The van der Waals surface area contributed by atoms with Crippen molar-refractivity contribution in [2.45, 2.75) is 160 Å². The highest BCUT2D eigenvalue weighted by Crippen LogP contribution is 2.75. The molecule has 308 valence electrons. The van der Waals surface area contributed by atoms with E-state index < -0.39 is 13.9 Å². The second-order valence-electron chi connectivity index (χ2n) is 19.9. The molecule has 8 saturated carbocycles. The number of fused-ring (bicyclic) bond motifs is 14. The number of esters is 1. The summed E-state index contributed by atoms with van der Waals surface area (Å²) in [7, 11) is -4.24. The van der Waals surface area contributed by atoms with Crippen molar-refractivity contribution in [3.8, 4) is 0 Å². The van der Waals surface area contributed by atoms with Gasteiger partial charge in [0.25, 0.3) is 0 Å². The van der Waals surface area contributed by atoms with Gasteiger partial charge in [-0.3, -0.25) is 13.8 Å². The Morgan fingerprint density at radius 2 is 1.04 bits per heavy atom. The Balaban J connectivity index is 0.635. The zero-order valence-corrected chi connectivity index (χ0v) is 34.5. The highest BCUT2D eigenvalue weighted by Gasteiger charge is 2.69. The summed E-state index contributed by atoms with van der Waals surface area (Å²) in [5.74, 6) is 15.3. The average Bonchev–Trinajstić information content (AvgIpc) is 3.14. The summed E-state index contributed by atoms with van der Waals surface area (Å²) in [5, 5.41) is 0. The molecule has 54 heavy (non-hydrogen) atoms. The van der Waals surface area contributed by atoms with Gasteiger partial charge in [-0.15, -0.1) is 0 Å². The van der Waals surface area contributed by atoms with E-state index in [-0.39, 0.29) is 32.3 Å². The van der Waals surface area contributed by atoms with Crippen molar-refractivity contribution >= 4 is 13.8 Å². The first-order valence-electron chi connectivity index (χ1n) is 23.5. The van der Waals surface area contributed by atoms with Gasteiger partial charge in [0.1, 0.15) is 12.7 Å². The maximum atomic E-state index is 12.6. The second kappa shape index (κ2) is 18.6. The standard InChI is InChI=1S/C45H76NO7P/c46-23-25-52-54(48,49)53-29-32(50-24-11-7-2-1-4-8-12-30-15-17-37-39(26-30)44-35-21-19-33(35)42(37)44)28-51-41(47)14-10-6-3-5-9-13-31-16-18-38-40(27-31)45-36-22-20-34(36)43(38)45/h30-40,42-45H,1-29,46H2,(H,48,49)/t30?,31?,32-,33?,34?,35?,36?,37?,38?,39?,40?,42?,43?,44?,45?/m1/s1. The van der Waals surface area contributed by atoms with E-state index in [0.29, 0.717) is 13.0 Å². The van der Waals surface area contributed by atoms with Gasteiger partial charge in [-0.2, -0.15) is 0 Å². The predicted octanol–water partition coefficient (Wildman–Crippen LogP) is 10.1. The first-order chi connectivity index (χ1) is 26.4. The number of nitrogens with two attached hydrogens (primary N) is 1. The summed E-state index contributed by atoms with van der Waals surface area (Å²) in [5.41, 5.74) is 5.41. The Morgan fingerprint density at radius 3 is 1.57 bits per heavy atom. The summed E-state index contributed by atoms with van der Waals surface area (Å²) in [6, 6.07) is 0. The molecule has 0 aromatic heterocycles. The number of hydrogen-bond donors (Lipinski definition) is 2. The molecular weight excluding hydrogens is 697 g/mol. The van der Waals surface area contributed by atoms with Crippen LogP contribution in [0, 0.1) is 82.9 Å². The summed E-state index contributed by atoms with van der Waals surface area (Å²) in [4.78, 5) is 22.6. The van der Waals surface area contributed by atoms with E-state index in [1.807, 2.05) is 0 Å². The van der Waals surface area contributed by atoms with Gasteiger partial charge >= 0.3 is 13.8 Å². The quantitative estimate of drug-likeness (QED) is 0.0507. The van der Waals surface area contributed by atoms with Gasteiger partial charge in [-0.05, 0) is 147 Å². The molecule has 0 radical (unpaired) electrons. The SMILES string of the molecule is NCCOP(=O)(O)OC[C@@H](COC(=O)CCCCCCCC1CCC2C(C1)C1C3CCC3C21)OCCCCCCCCC1CCC2C(C1)C1C3CCC3C21. The summed E-state index contributed by atoms with van der Waals surface area (Å²) >= 11 is 0. The van der Waals surface area contributed by atoms with Crippen LogP contribution in [0.25, 0.3) is 0 Å². The summed E-state index contributed by atoms with van der Waals surface area (Å²) < 4.78 is 33.8. The maximum absolute atomic E-state index is 12.6. The zero-order valence-electron chi connectivity index (χ0n) is 33.6. The highest BCUT2D eigenvalue weighted by molar-refractivity contribution is 7.47. The van der Waals surface area contributed by atoms with Crippen LogP contribution in [0.2, 0.25) is 0 Å². The Bertz CT molecular complexity index is 1250. The number of phosphoric acid groups is 1. The molecule has 15 unspecified atom stereocenters. The number of unbranched alkanes of at least 4 members (excludes halogenated alkanes) is 9. The first-order valence-corrected chi connectivity index (χ1v) is 25.0. The lowest BCUT2D eigenvalue weighted by Crippen LogP contribution is -2.69. The molecule has 8 fully saturated rings. The fraction of sp³-hybridized carbons (Fsp3) is 0.978. The minimum Gasteiger partial charge on any atom is -0.463 e. The topological polar surface area (TPSA) is 117 Å². The van der Waals surface area contributed by atoms with E-state index in [2.05, 4.69) is 0 Å². The number of phosphoric ester groups is 1. The lowest BCUT2D eigenvalue weighted by molar-refractivity contribution is -0.264. The molecule has 8 aliphatic carbocycles. The van der Waals surface area contributed by atoms with Crippen molar-refractivity contribution in [2.24, 2.45) is 88.6 Å². The van der Waals surface area contributed by atoms with Crippen molar-refractivity contribution in [1.29, 1.82) is 0 Å². The number of hydrogen-bond acceptors (Lipinski definition) is 7. The molecule has 0 aliphatic heterocycles. The summed E-state index contributed by atoms with van der Waals surface area (Å²) in [6.07, 6.45) is 30.7. The van der Waals surface area contributed by atoms with Crippen molar-refractivity contribution in [3.63, 3.8) is 0 Å². The van der Waals surface area contributed by atoms with Crippen molar-refractivity contribution in [2.75, 3.05) is 33.0 Å². The minimum absolute atomic E-state index is 0.00732. The first kappa shape index (κ1) is 40.3. The van der Waals surface area contributed by atoms with Gasteiger partial charge in [0.05, 0.1) is 13.2 Å².